The summed E-state index contributed by atoms with van der Waals surface area (Å²) in [5, 5.41) is 34.2. The van der Waals surface area contributed by atoms with Crippen molar-refractivity contribution in [2.45, 2.75) is 149 Å². The molecular weight excluding hydrogens is 668 g/mol. The topological polar surface area (TPSA) is 109 Å². The van der Waals surface area contributed by atoms with E-state index < -0.39 is 41.8 Å². The van der Waals surface area contributed by atoms with Crippen LogP contribution in [-0.4, -0.2) is 88.2 Å². The van der Waals surface area contributed by atoms with E-state index in [1.165, 1.54) is 18.6 Å². The lowest BCUT2D eigenvalue weighted by molar-refractivity contribution is -0.248. The van der Waals surface area contributed by atoms with Gasteiger partial charge in [-0.25, -0.2) is 8.78 Å². The number of carbonyl (C=O) groups is 1. The van der Waals surface area contributed by atoms with Crippen molar-refractivity contribution in [2.24, 2.45) is 50.7 Å². The molecule has 2 aliphatic heterocycles. The maximum absolute atomic E-state index is 13.8. The molecule has 7 fully saturated rings. The van der Waals surface area contributed by atoms with Gasteiger partial charge in [-0.1, -0.05) is 34.6 Å². The van der Waals surface area contributed by atoms with Gasteiger partial charge in [-0.15, -0.1) is 0 Å². The fourth-order valence-electron chi connectivity index (χ4n) is 14.3. The van der Waals surface area contributed by atoms with Crippen LogP contribution in [0.2, 0.25) is 0 Å². The fraction of sp³-hybridized carbons (Fsp3) is 0.833. The number of benzene rings is 1. The molecule has 8 rings (SSSR count). The molecule has 290 valence electrons. The van der Waals surface area contributed by atoms with Gasteiger partial charge >= 0.3 is 0 Å². The summed E-state index contributed by atoms with van der Waals surface area (Å²) in [6, 6.07) is 3.22. The molecule has 0 aromatic heterocycles. The van der Waals surface area contributed by atoms with E-state index in [1.54, 1.807) is 18.7 Å². The van der Waals surface area contributed by atoms with Crippen LogP contribution in [0.25, 0.3) is 0 Å². The van der Waals surface area contributed by atoms with Crippen LogP contribution in [0.4, 0.5) is 8.78 Å². The van der Waals surface area contributed by atoms with Crippen molar-refractivity contribution in [3.8, 4) is 0 Å². The zero-order valence-corrected chi connectivity index (χ0v) is 32.2. The number of nitrogens with zero attached hydrogens (tertiary/aromatic N) is 1. The van der Waals surface area contributed by atoms with Crippen LogP contribution in [0.5, 0.6) is 0 Å². The minimum atomic E-state index is -1.29. The molecule has 3 N–H and O–H groups in total. The van der Waals surface area contributed by atoms with Crippen molar-refractivity contribution in [2.75, 3.05) is 19.7 Å². The van der Waals surface area contributed by atoms with Crippen LogP contribution in [-0.2, 0) is 25.4 Å². The first-order valence-corrected chi connectivity index (χ1v) is 20.0. The Morgan fingerprint density at radius 3 is 2.40 bits per heavy atom. The zero-order chi connectivity index (χ0) is 37.4. The number of aliphatic hydroxyl groups is 3. The summed E-state index contributed by atoms with van der Waals surface area (Å²) in [6.45, 7) is 16.1. The van der Waals surface area contributed by atoms with Gasteiger partial charge in [-0.05, 0) is 128 Å². The Balaban J connectivity index is 0.974. The predicted molar refractivity (Wildman–Crippen MR) is 190 cm³/mol. The lowest BCUT2D eigenvalue weighted by Gasteiger charge is -2.64. The van der Waals surface area contributed by atoms with Crippen LogP contribution in [0.1, 0.15) is 105 Å². The van der Waals surface area contributed by atoms with Crippen molar-refractivity contribution < 1.29 is 43.1 Å². The molecule has 5 saturated carbocycles. The average Bonchev–Trinajstić information content (AvgIpc) is 3.69. The largest absolute Gasteiger partial charge is 0.390 e. The van der Waals surface area contributed by atoms with Crippen molar-refractivity contribution in [3.05, 3.63) is 35.4 Å². The molecule has 7 aliphatic rings. The molecular formula is C42H61F2NO7. The molecule has 52 heavy (non-hydrogen) atoms. The molecule has 2 saturated heterocycles. The van der Waals surface area contributed by atoms with E-state index in [4.69, 9.17) is 14.2 Å². The lowest BCUT2D eigenvalue weighted by Crippen LogP contribution is -2.60. The zero-order valence-electron chi connectivity index (χ0n) is 32.2. The molecule has 2 heterocycles. The van der Waals surface area contributed by atoms with E-state index in [9.17, 15) is 28.9 Å². The van der Waals surface area contributed by atoms with Gasteiger partial charge in [-0.3, -0.25) is 4.79 Å². The van der Waals surface area contributed by atoms with E-state index >= 15 is 0 Å². The molecule has 1 aromatic rings. The van der Waals surface area contributed by atoms with E-state index in [0.29, 0.717) is 37.0 Å². The van der Waals surface area contributed by atoms with Gasteiger partial charge in [0.2, 0.25) is 5.91 Å². The second-order valence-corrected chi connectivity index (χ2v) is 19.9. The van der Waals surface area contributed by atoms with Gasteiger partial charge in [0, 0.05) is 18.0 Å². The summed E-state index contributed by atoms with van der Waals surface area (Å²) in [5.41, 5.74) is -1.12. The molecule has 14 atom stereocenters. The number of halogens is 2. The highest BCUT2D eigenvalue weighted by molar-refractivity contribution is 5.78. The number of morpholine rings is 1. The number of hydrogen-bond acceptors (Lipinski definition) is 7. The summed E-state index contributed by atoms with van der Waals surface area (Å²) in [7, 11) is 0. The van der Waals surface area contributed by atoms with Crippen molar-refractivity contribution >= 4 is 5.91 Å². The van der Waals surface area contributed by atoms with Crippen LogP contribution in [0, 0.1) is 62.4 Å². The van der Waals surface area contributed by atoms with E-state index in [0.717, 1.165) is 44.6 Å². The number of rotatable bonds is 6. The quantitative estimate of drug-likeness (QED) is 0.329. The summed E-state index contributed by atoms with van der Waals surface area (Å²) in [5.74, 6) is -0.282. The van der Waals surface area contributed by atoms with Crippen molar-refractivity contribution in [3.63, 3.8) is 0 Å². The number of hydrogen-bond donors (Lipinski definition) is 3. The third kappa shape index (κ3) is 5.19. The Morgan fingerprint density at radius 2 is 1.71 bits per heavy atom. The summed E-state index contributed by atoms with van der Waals surface area (Å²) in [6.07, 6.45) is 5.00. The Hall–Kier alpha value is -1.69. The van der Waals surface area contributed by atoms with Crippen molar-refractivity contribution in [1.29, 1.82) is 0 Å². The molecule has 5 unspecified atom stereocenters. The van der Waals surface area contributed by atoms with Gasteiger partial charge < -0.3 is 34.4 Å². The minimum Gasteiger partial charge on any atom is -0.390 e. The van der Waals surface area contributed by atoms with Crippen molar-refractivity contribution in [1.82, 2.24) is 4.90 Å². The smallest absolute Gasteiger partial charge is 0.227 e. The SMILES string of the molecule is C[C@@H]1C[C@H](C(O)C(C)(C)O)O[C@H]2C1[C@@]1(C)CC[C@@]34CC35CCC(OC3CN(C(=O)Cc6cc(F)cc(F)c6)CCO3)C(C)(C)[C@@H]5CC[C@H]4[C@]1(C)[C@H]2O. The van der Waals surface area contributed by atoms with Gasteiger partial charge in [0.1, 0.15) is 17.7 Å². The highest BCUT2D eigenvalue weighted by Crippen LogP contribution is 2.89. The molecule has 1 amide bonds. The molecule has 0 bridgehead atoms. The van der Waals surface area contributed by atoms with Crippen LogP contribution < -0.4 is 0 Å². The standard InChI is InChI=1S/C42H61F2NO7/c1-23-16-27(35(47)38(4,5)49)51-34-33(23)39(6)12-13-42-22-41(42)11-10-30(37(2,3)28(41)8-9-29(42)40(39,7)36(34)48)52-32-21-45(14-15-50-32)31(46)19-24-17-25(43)20-26(44)18-24/h17-18,20,23,27-30,32-36,47-49H,8-16,19,21-22H2,1-7H3/t23-,27-,28+,29+,30?,32?,33?,34+,35?,36+,39-,40-,41?,42+/m1/s1. The van der Waals surface area contributed by atoms with Gasteiger partial charge in [-0.2, -0.15) is 0 Å². The van der Waals surface area contributed by atoms with Crippen LogP contribution in [0.15, 0.2) is 18.2 Å². The second kappa shape index (κ2) is 12.2. The molecule has 0 radical (unpaired) electrons. The summed E-state index contributed by atoms with van der Waals surface area (Å²) >= 11 is 0. The van der Waals surface area contributed by atoms with Gasteiger partial charge in [0.15, 0.2) is 6.29 Å². The first-order chi connectivity index (χ1) is 24.3. The monoisotopic (exact) mass is 729 g/mol. The van der Waals surface area contributed by atoms with E-state index in [-0.39, 0.29) is 70.0 Å². The minimum absolute atomic E-state index is 0.0348. The summed E-state index contributed by atoms with van der Waals surface area (Å²) in [4.78, 5) is 14.9. The maximum Gasteiger partial charge on any atom is 0.227 e. The highest BCUT2D eigenvalue weighted by Gasteiger charge is 2.84. The Kier molecular flexibility index (Phi) is 8.70. The lowest BCUT2D eigenvalue weighted by atomic mass is 9.41. The van der Waals surface area contributed by atoms with Crippen LogP contribution in [0.3, 0.4) is 0 Å². The first kappa shape index (κ1) is 37.2. The van der Waals surface area contributed by atoms with Gasteiger partial charge in [0.05, 0.1) is 49.6 Å². The second-order valence-electron chi connectivity index (χ2n) is 19.9. The Bertz CT molecular complexity index is 1560. The third-order valence-electron chi connectivity index (χ3n) is 16.8. The first-order valence-electron chi connectivity index (χ1n) is 20.0. The maximum atomic E-state index is 13.8. The molecule has 5 aliphatic carbocycles. The highest BCUT2D eigenvalue weighted by atomic mass is 19.1. The predicted octanol–water partition coefficient (Wildman–Crippen LogP) is 6.02. The molecule has 8 nitrogen and oxygen atoms in total. The molecule has 1 aromatic carbocycles. The third-order valence-corrected chi connectivity index (χ3v) is 16.8. The number of carbonyl (C=O) groups excluding carboxylic acids is 1. The number of amides is 1. The fourth-order valence-corrected chi connectivity index (χ4v) is 14.3. The summed E-state index contributed by atoms with van der Waals surface area (Å²) < 4.78 is 47.1. The average molecular weight is 730 g/mol. The number of fused-ring (bicyclic) bond motifs is 4. The number of ether oxygens (including phenoxy) is 3. The van der Waals surface area contributed by atoms with Gasteiger partial charge in [0.25, 0.3) is 0 Å². The number of aliphatic hydroxyl groups excluding tert-OH is 2. The van der Waals surface area contributed by atoms with E-state index in [2.05, 4.69) is 34.6 Å². The molecule has 10 heteroatoms. The Morgan fingerprint density at radius 1 is 1.04 bits per heavy atom. The molecule has 2 spiro atoms. The van der Waals surface area contributed by atoms with E-state index in [1.807, 2.05) is 0 Å². The van der Waals surface area contributed by atoms with Crippen LogP contribution >= 0.6 is 0 Å². The normalized spacial score (nSPS) is 47.0. The Labute approximate surface area is 308 Å².